The van der Waals surface area contributed by atoms with E-state index in [0.29, 0.717) is 28.3 Å². The fourth-order valence-corrected chi connectivity index (χ4v) is 1.85. The highest BCUT2D eigenvalue weighted by atomic mass is 16.5. The SMILES string of the molecule is COc1ccc(NC(=O)c2cccc(C#N)c2)cc1OC. The summed E-state index contributed by atoms with van der Waals surface area (Å²) in [5.41, 5.74) is 1.44. The van der Waals surface area contributed by atoms with Crippen LogP contribution in [0.2, 0.25) is 0 Å². The molecule has 0 saturated carbocycles. The molecule has 0 fully saturated rings. The van der Waals surface area contributed by atoms with Gasteiger partial charge in [0.05, 0.1) is 25.9 Å². The molecule has 0 aliphatic carbocycles. The summed E-state index contributed by atoms with van der Waals surface area (Å²) in [6, 6.07) is 13.6. The van der Waals surface area contributed by atoms with Crippen LogP contribution in [-0.2, 0) is 0 Å². The van der Waals surface area contributed by atoms with Crippen molar-refractivity contribution in [2.75, 3.05) is 19.5 Å². The molecule has 0 spiro atoms. The fourth-order valence-electron chi connectivity index (χ4n) is 1.85. The first kappa shape index (κ1) is 14.4. The first-order chi connectivity index (χ1) is 10.2. The lowest BCUT2D eigenvalue weighted by Gasteiger charge is -2.10. The van der Waals surface area contributed by atoms with Crippen LogP contribution >= 0.6 is 0 Å². The van der Waals surface area contributed by atoms with E-state index in [4.69, 9.17) is 14.7 Å². The molecule has 0 atom stereocenters. The molecule has 5 heteroatoms. The van der Waals surface area contributed by atoms with E-state index in [1.54, 1.807) is 43.5 Å². The van der Waals surface area contributed by atoms with Gasteiger partial charge in [0.25, 0.3) is 5.91 Å². The van der Waals surface area contributed by atoms with E-state index in [0.717, 1.165) is 0 Å². The Kier molecular flexibility index (Phi) is 4.42. The Labute approximate surface area is 122 Å². The van der Waals surface area contributed by atoms with Crippen molar-refractivity contribution in [2.24, 2.45) is 0 Å². The second-order valence-corrected chi connectivity index (χ2v) is 4.22. The van der Waals surface area contributed by atoms with Gasteiger partial charge in [0.15, 0.2) is 11.5 Å². The molecule has 106 valence electrons. The van der Waals surface area contributed by atoms with Crippen LogP contribution in [0.3, 0.4) is 0 Å². The van der Waals surface area contributed by atoms with Gasteiger partial charge in [-0.3, -0.25) is 4.79 Å². The molecular formula is C16H14N2O3. The van der Waals surface area contributed by atoms with Crippen LogP contribution in [0, 0.1) is 11.3 Å². The van der Waals surface area contributed by atoms with E-state index < -0.39 is 0 Å². The van der Waals surface area contributed by atoms with Crippen LogP contribution in [0.25, 0.3) is 0 Å². The number of nitrogens with zero attached hydrogens (tertiary/aromatic N) is 1. The lowest BCUT2D eigenvalue weighted by molar-refractivity contribution is 0.102. The maximum Gasteiger partial charge on any atom is 0.255 e. The zero-order valence-corrected chi connectivity index (χ0v) is 11.7. The van der Waals surface area contributed by atoms with Gasteiger partial charge in [-0.15, -0.1) is 0 Å². The second-order valence-electron chi connectivity index (χ2n) is 4.22. The van der Waals surface area contributed by atoms with Gasteiger partial charge in [-0.2, -0.15) is 5.26 Å². The Balaban J connectivity index is 2.21. The Hall–Kier alpha value is -3.00. The number of hydrogen-bond acceptors (Lipinski definition) is 4. The molecule has 2 aromatic rings. The summed E-state index contributed by atoms with van der Waals surface area (Å²) in [4.78, 5) is 12.1. The van der Waals surface area contributed by atoms with E-state index >= 15 is 0 Å². The standard InChI is InChI=1S/C16H14N2O3/c1-20-14-7-6-13(9-15(14)21-2)18-16(19)12-5-3-4-11(8-12)10-17/h3-9H,1-2H3,(H,18,19). The van der Waals surface area contributed by atoms with Crippen LogP contribution < -0.4 is 14.8 Å². The molecule has 5 nitrogen and oxygen atoms in total. The molecule has 0 aromatic heterocycles. The third kappa shape index (κ3) is 3.31. The summed E-state index contributed by atoms with van der Waals surface area (Å²) < 4.78 is 10.3. The Morgan fingerprint density at radius 2 is 1.86 bits per heavy atom. The van der Waals surface area contributed by atoms with E-state index in [-0.39, 0.29) is 5.91 Å². The number of hydrogen-bond donors (Lipinski definition) is 1. The second kappa shape index (κ2) is 6.44. The smallest absolute Gasteiger partial charge is 0.255 e. The third-order valence-corrected chi connectivity index (χ3v) is 2.90. The molecule has 0 unspecified atom stereocenters. The average molecular weight is 282 g/mol. The van der Waals surface area contributed by atoms with Gasteiger partial charge in [0, 0.05) is 17.3 Å². The van der Waals surface area contributed by atoms with E-state index in [1.807, 2.05) is 6.07 Å². The minimum atomic E-state index is -0.292. The van der Waals surface area contributed by atoms with Crippen molar-refractivity contribution in [3.8, 4) is 17.6 Å². The number of benzene rings is 2. The Morgan fingerprint density at radius 3 is 2.52 bits per heavy atom. The van der Waals surface area contributed by atoms with Gasteiger partial charge in [0.2, 0.25) is 0 Å². The maximum atomic E-state index is 12.1. The number of methoxy groups -OCH3 is 2. The molecule has 0 aliphatic rings. The molecule has 0 radical (unpaired) electrons. The van der Waals surface area contributed by atoms with Gasteiger partial charge in [-0.1, -0.05) is 6.07 Å². The Bertz CT molecular complexity index is 705. The highest BCUT2D eigenvalue weighted by Crippen LogP contribution is 2.29. The molecule has 1 N–H and O–H groups in total. The van der Waals surface area contributed by atoms with Gasteiger partial charge in [-0.05, 0) is 30.3 Å². The first-order valence-electron chi connectivity index (χ1n) is 6.21. The number of ether oxygens (including phenoxy) is 2. The molecule has 1 amide bonds. The van der Waals surface area contributed by atoms with E-state index in [9.17, 15) is 4.79 Å². The third-order valence-electron chi connectivity index (χ3n) is 2.90. The number of rotatable bonds is 4. The molecule has 0 aliphatic heterocycles. The zero-order chi connectivity index (χ0) is 15.2. The van der Waals surface area contributed by atoms with Crippen molar-refractivity contribution in [2.45, 2.75) is 0 Å². The van der Waals surface area contributed by atoms with Crippen molar-refractivity contribution in [3.63, 3.8) is 0 Å². The zero-order valence-electron chi connectivity index (χ0n) is 11.7. The summed E-state index contributed by atoms with van der Waals surface area (Å²) in [5, 5.41) is 11.6. The number of amides is 1. The molecule has 2 rings (SSSR count). The quantitative estimate of drug-likeness (QED) is 0.936. The summed E-state index contributed by atoms with van der Waals surface area (Å²) in [6.07, 6.45) is 0. The van der Waals surface area contributed by atoms with Crippen LogP contribution in [0.5, 0.6) is 11.5 Å². The molecule has 0 saturated heterocycles. The summed E-state index contributed by atoms with van der Waals surface area (Å²) in [7, 11) is 3.07. The summed E-state index contributed by atoms with van der Waals surface area (Å²) in [5.74, 6) is 0.822. The molecule has 21 heavy (non-hydrogen) atoms. The van der Waals surface area contributed by atoms with Crippen LogP contribution in [0.4, 0.5) is 5.69 Å². The topological polar surface area (TPSA) is 71.3 Å². The highest BCUT2D eigenvalue weighted by molar-refractivity contribution is 6.04. The molecule has 0 bridgehead atoms. The van der Waals surface area contributed by atoms with Gasteiger partial charge >= 0.3 is 0 Å². The number of anilines is 1. The monoisotopic (exact) mass is 282 g/mol. The largest absolute Gasteiger partial charge is 0.493 e. The van der Waals surface area contributed by atoms with E-state index in [1.165, 1.54) is 13.2 Å². The summed E-state index contributed by atoms with van der Waals surface area (Å²) in [6.45, 7) is 0. The number of nitriles is 1. The lowest BCUT2D eigenvalue weighted by Crippen LogP contribution is -2.12. The minimum Gasteiger partial charge on any atom is -0.493 e. The van der Waals surface area contributed by atoms with Crippen molar-refractivity contribution in [3.05, 3.63) is 53.6 Å². The predicted molar refractivity (Wildman–Crippen MR) is 78.7 cm³/mol. The van der Waals surface area contributed by atoms with Gasteiger partial charge in [0.1, 0.15) is 0 Å². The maximum absolute atomic E-state index is 12.1. The van der Waals surface area contributed by atoms with Crippen molar-refractivity contribution < 1.29 is 14.3 Å². The number of nitrogens with one attached hydrogen (secondary N) is 1. The van der Waals surface area contributed by atoms with E-state index in [2.05, 4.69) is 5.32 Å². The number of carbonyl (C=O) groups is 1. The molecule has 2 aromatic carbocycles. The minimum absolute atomic E-state index is 0.292. The highest BCUT2D eigenvalue weighted by Gasteiger charge is 2.09. The Morgan fingerprint density at radius 1 is 1.10 bits per heavy atom. The van der Waals surface area contributed by atoms with Crippen molar-refractivity contribution in [1.29, 1.82) is 5.26 Å². The number of carbonyl (C=O) groups excluding carboxylic acids is 1. The van der Waals surface area contributed by atoms with Gasteiger partial charge < -0.3 is 14.8 Å². The van der Waals surface area contributed by atoms with Gasteiger partial charge in [-0.25, -0.2) is 0 Å². The normalized spacial score (nSPS) is 9.57. The first-order valence-corrected chi connectivity index (χ1v) is 6.21. The predicted octanol–water partition coefficient (Wildman–Crippen LogP) is 2.83. The van der Waals surface area contributed by atoms with Crippen molar-refractivity contribution >= 4 is 11.6 Å². The summed E-state index contributed by atoms with van der Waals surface area (Å²) >= 11 is 0. The molecular weight excluding hydrogens is 268 g/mol. The van der Waals surface area contributed by atoms with Crippen LogP contribution in [0.1, 0.15) is 15.9 Å². The van der Waals surface area contributed by atoms with Crippen LogP contribution in [0.15, 0.2) is 42.5 Å². The molecule has 0 heterocycles. The fraction of sp³-hybridized carbons (Fsp3) is 0.125. The lowest BCUT2D eigenvalue weighted by atomic mass is 10.1. The van der Waals surface area contributed by atoms with Crippen molar-refractivity contribution in [1.82, 2.24) is 0 Å². The average Bonchev–Trinajstić information content (AvgIpc) is 2.54. The van der Waals surface area contributed by atoms with Crippen LogP contribution in [-0.4, -0.2) is 20.1 Å².